The molecule has 5 heteroatoms. The van der Waals surface area contributed by atoms with Crippen molar-refractivity contribution in [1.82, 2.24) is 9.47 Å². The minimum absolute atomic E-state index is 0.0553. The van der Waals surface area contributed by atoms with Crippen molar-refractivity contribution in [3.63, 3.8) is 0 Å². The number of pyridine rings is 1. The van der Waals surface area contributed by atoms with Gasteiger partial charge in [-0.2, -0.15) is 0 Å². The molecule has 2 aromatic rings. The molecule has 0 atom stereocenters. The van der Waals surface area contributed by atoms with Crippen LogP contribution in [0.25, 0.3) is 0 Å². The van der Waals surface area contributed by atoms with E-state index < -0.39 is 0 Å². The van der Waals surface area contributed by atoms with E-state index in [1.54, 1.807) is 47.6 Å². The normalized spacial score (nSPS) is 10.3. The molecule has 2 rings (SSSR count). The Hall–Kier alpha value is -2.14. The van der Waals surface area contributed by atoms with E-state index >= 15 is 0 Å². The van der Waals surface area contributed by atoms with Crippen LogP contribution in [0.4, 0.5) is 0 Å². The first-order valence-electron chi connectivity index (χ1n) is 6.69. The van der Waals surface area contributed by atoms with Crippen LogP contribution in [0.1, 0.15) is 10.4 Å². The van der Waals surface area contributed by atoms with Crippen LogP contribution < -0.4 is 5.56 Å². The number of amides is 1. The van der Waals surface area contributed by atoms with Crippen molar-refractivity contribution in [3.8, 4) is 0 Å². The summed E-state index contributed by atoms with van der Waals surface area (Å²) in [4.78, 5) is 27.2. The van der Waals surface area contributed by atoms with E-state index in [1.807, 2.05) is 17.5 Å². The van der Waals surface area contributed by atoms with Gasteiger partial charge in [0.05, 0.1) is 6.54 Å². The zero-order chi connectivity index (χ0) is 15.2. The van der Waals surface area contributed by atoms with Crippen LogP contribution in [0.3, 0.4) is 0 Å². The molecule has 0 saturated heterocycles. The lowest BCUT2D eigenvalue weighted by atomic mass is 10.3. The summed E-state index contributed by atoms with van der Waals surface area (Å²) in [5.41, 5.74) is 0.513. The minimum atomic E-state index is -0.125. The summed E-state index contributed by atoms with van der Waals surface area (Å²) in [6.07, 6.45) is 3.34. The highest BCUT2D eigenvalue weighted by molar-refractivity contribution is 7.09. The van der Waals surface area contributed by atoms with E-state index in [-0.39, 0.29) is 18.0 Å². The van der Waals surface area contributed by atoms with Crippen LogP contribution in [0.5, 0.6) is 0 Å². The van der Waals surface area contributed by atoms with E-state index in [4.69, 9.17) is 0 Å². The van der Waals surface area contributed by atoms with E-state index in [2.05, 4.69) is 6.58 Å². The third-order valence-corrected chi connectivity index (χ3v) is 4.01. The third-order valence-electron chi connectivity index (χ3n) is 3.15. The quantitative estimate of drug-likeness (QED) is 0.769. The maximum atomic E-state index is 12.4. The zero-order valence-electron chi connectivity index (χ0n) is 12.0. The highest BCUT2D eigenvalue weighted by atomic mass is 32.1. The summed E-state index contributed by atoms with van der Waals surface area (Å²) < 4.78 is 1.45. The van der Waals surface area contributed by atoms with Crippen molar-refractivity contribution >= 4 is 17.2 Å². The molecule has 0 radical (unpaired) electrons. The summed E-state index contributed by atoms with van der Waals surface area (Å²) in [6, 6.07) is 7.48. The average molecular weight is 302 g/mol. The molecule has 0 unspecified atom stereocenters. The molecule has 0 saturated carbocycles. The van der Waals surface area contributed by atoms with Gasteiger partial charge in [-0.1, -0.05) is 18.2 Å². The van der Waals surface area contributed by atoms with Crippen LogP contribution in [0.15, 0.2) is 53.3 Å². The summed E-state index contributed by atoms with van der Waals surface area (Å²) in [6.45, 7) is 6.51. The molecular weight excluding hydrogens is 284 g/mol. The van der Waals surface area contributed by atoms with Gasteiger partial charge in [-0.3, -0.25) is 9.59 Å². The Morgan fingerprint density at radius 3 is 2.90 bits per heavy atom. The molecule has 0 aliphatic heterocycles. The van der Waals surface area contributed by atoms with Gasteiger partial charge in [0.15, 0.2) is 0 Å². The van der Waals surface area contributed by atoms with Crippen molar-refractivity contribution in [3.05, 3.63) is 69.3 Å². The molecule has 0 aromatic carbocycles. The summed E-state index contributed by atoms with van der Waals surface area (Å²) >= 11 is 1.61. The standard InChI is InChI=1S/C16H18N2O2S/c1-3-8-17(11-14-7-5-10-21-14)15(19)12-18-9-4-6-13(2)16(18)20/h3-7,9-10H,1,8,11-12H2,2H3. The predicted octanol–water partition coefficient (Wildman–Crippen LogP) is 2.43. The van der Waals surface area contributed by atoms with Gasteiger partial charge in [-0.05, 0) is 24.4 Å². The molecule has 0 aliphatic rings. The second-order valence-electron chi connectivity index (χ2n) is 4.77. The van der Waals surface area contributed by atoms with Gasteiger partial charge in [0.1, 0.15) is 6.54 Å². The van der Waals surface area contributed by atoms with Gasteiger partial charge in [-0.25, -0.2) is 0 Å². The number of aryl methyl sites for hydroxylation is 1. The number of thiophene rings is 1. The molecule has 2 aromatic heterocycles. The van der Waals surface area contributed by atoms with Gasteiger partial charge in [0.2, 0.25) is 5.91 Å². The summed E-state index contributed by atoms with van der Waals surface area (Å²) in [5, 5.41) is 1.98. The Morgan fingerprint density at radius 1 is 1.43 bits per heavy atom. The number of aromatic nitrogens is 1. The molecular formula is C16H18N2O2S. The molecule has 4 nitrogen and oxygen atoms in total. The van der Waals surface area contributed by atoms with Crippen LogP contribution in [-0.2, 0) is 17.9 Å². The van der Waals surface area contributed by atoms with Crippen molar-refractivity contribution in [2.24, 2.45) is 0 Å². The number of hydrogen-bond donors (Lipinski definition) is 0. The van der Waals surface area contributed by atoms with Gasteiger partial charge in [0.25, 0.3) is 5.56 Å². The number of hydrogen-bond acceptors (Lipinski definition) is 3. The molecule has 1 amide bonds. The molecule has 0 aliphatic carbocycles. The highest BCUT2D eigenvalue weighted by Gasteiger charge is 2.14. The summed E-state index contributed by atoms with van der Waals surface area (Å²) in [5.74, 6) is -0.0870. The van der Waals surface area contributed by atoms with E-state index in [9.17, 15) is 9.59 Å². The SMILES string of the molecule is C=CCN(Cc1cccs1)C(=O)Cn1cccc(C)c1=O. The molecule has 0 spiro atoms. The lowest BCUT2D eigenvalue weighted by Gasteiger charge is -2.21. The Labute approximate surface area is 128 Å². The first-order chi connectivity index (χ1) is 10.1. The second-order valence-corrected chi connectivity index (χ2v) is 5.80. The van der Waals surface area contributed by atoms with Crippen molar-refractivity contribution in [2.75, 3.05) is 6.54 Å². The van der Waals surface area contributed by atoms with Crippen LogP contribution in [-0.4, -0.2) is 21.9 Å². The predicted molar refractivity (Wildman–Crippen MR) is 85.4 cm³/mol. The van der Waals surface area contributed by atoms with Gasteiger partial charge < -0.3 is 9.47 Å². The smallest absolute Gasteiger partial charge is 0.253 e. The maximum Gasteiger partial charge on any atom is 0.253 e. The molecule has 0 N–H and O–H groups in total. The van der Waals surface area contributed by atoms with Gasteiger partial charge in [-0.15, -0.1) is 17.9 Å². The monoisotopic (exact) mass is 302 g/mol. The van der Waals surface area contributed by atoms with Crippen molar-refractivity contribution in [2.45, 2.75) is 20.0 Å². The lowest BCUT2D eigenvalue weighted by Crippen LogP contribution is -2.36. The first-order valence-corrected chi connectivity index (χ1v) is 7.57. The van der Waals surface area contributed by atoms with Crippen LogP contribution >= 0.6 is 11.3 Å². The minimum Gasteiger partial charge on any atom is -0.332 e. The molecule has 0 bridgehead atoms. The lowest BCUT2D eigenvalue weighted by molar-refractivity contribution is -0.131. The fourth-order valence-electron chi connectivity index (χ4n) is 2.03. The highest BCUT2D eigenvalue weighted by Crippen LogP contribution is 2.12. The largest absolute Gasteiger partial charge is 0.332 e. The molecule has 21 heavy (non-hydrogen) atoms. The van der Waals surface area contributed by atoms with Crippen molar-refractivity contribution < 1.29 is 4.79 Å². The Balaban J connectivity index is 2.13. The Bertz CT molecular complexity index is 674. The number of carbonyl (C=O) groups excluding carboxylic acids is 1. The van der Waals surface area contributed by atoms with Crippen LogP contribution in [0.2, 0.25) is 0 Å². The summed E-state index contributed by atoms with van der Waals surface area (Å²) in [7, 11) is 0. The zero-order valence-corrected chi connectivity index (χ0v) is 12.8. The fourth-order valence-corrected chi connectivity index (χ4v) is 2.75. The maximum absolute atomic E-state index is 12.4. The van der Waals surface area contributed by atoms with E-state index in [0.29, 0.717) is 18.7 Å². The van der Waals surface area contributed by atoms with E-state index in [0.717, 1.165) is 4.88 Å². The molecule has 110 valence electrons. The fraction of sp³-hybridized carbons (Fsp3) is 0.250. The number of carbonyl (C=O) groups is 1. The van der Waals surface area contributed by atoms with Crippen molar-refractivity contribution in [1.29, 1.82) is 0 Å². The van der Waals surface area contributed by atoms with Crippen LogP contribution in [0, 0.1) is 6.92 Å². The topological polar surface area (TPSA) is 42.3 Å². The number of nitrogens with zero attached hydrogens (tertiary/aromatic N) is 2. The second kappa shape index (κ2) is 7.04. The van der Waals surface area contributed by atoms with Gasteiger partial charge in [0, 0.05) is 23.2 Å². The first kappa shape index (κ1) is 15.3. The molecule has 2 heterocycles. The average Bonchev–Trinajstić information content (AvgIpc) is 2.96. The number of rotatable bonds is 6. The molecule has 0 fully saturated rings. The van der Waals surface area contributed by atoms with E-state index in [1.165, 1.54) is 4.57 Å². The van der Waals surface area contributed by atoms with Gasteiger partial charge >= 0.3 is 0 Å². The Kier molecular flexibility index (Phi) is 5.11. The third kappa shape index (κ3) is 3.92. The Morgan fingerprint density at radius 2 is 2.24 bits per heavy atom.